The molecular formula is C28H31N3O5S. The van der Waals surface area contributed by atoms with Crippen molar-refractivity contribution in [3.8, 4) is 5.75 Å². The van der Waals surface area contributed by atoms with Crippen molar-refractivity contribution in [1.29, 1.82) is 0 Å². The molecule has 194 valence electrons. The van der Waals surface area contributed by atoms with Gasteiger partial charge in [-0.1, -0.05) is 36.5 Å². The predicted molar refractivity (Wildman–Crippen MR) is 143 cm³/mol. The van der Waals surface area contributed by atoms with E-state index in [1.807, 2.05) is 36.4 Å². The van der Waals surface area contributed by atoms with Gasteiger partial charge in [0.05, 0.1) is 29.5 Å². The summed E-state index contributed by atoms with van der Waals surface area (Å²) in [5, 5.41) is 0. The largest absolute Gasteiger partial charge is 0.496 e. The zero-order valence-electron chi connectivity index (χ0n) is 21.5. The molecule has 0 spiro atoms. The van der Waals surface area contributed by atoms with E-state index in [9.17, 15) is 9.59 Å². The number of hydrogen-bond donors (Lipinski definition) is 0. The third-order valence-electron chi connectivity index (χ3n) is 6.93. The van der Waals surface area contributed by atoms with Gasteiger partial charge in [-0.25, -0.2) is 9.79 Å². The van der Waals surface area contributed by atoms with Crippen LogP contribution in [0.5, 0.6) is 5.75 Å². The van der Waals surface area contributed by atoms with Crippen molar-refractivity contribution in [3.63, 3.8) is 0 Å². The summed E-state index contributed by atoms with van der Waals surface area (Å²) in [6, 6.07) is 10.5. The first kappa shape index (κ1) is 25.1. The predicted octanol–water partition coefficient (Wildman–Crippen LogP) is 3.64. The number of nitrogens with zero attached hydrogens (tertiary/aromatic N) is 3. The molecule has 0 N–H and O–H groups in total. The number of anilines is 1. The molecule has 9 heteroatoms. The van der Waals surface area contributed by atoms with Crippen LogP contribution >= 0.6 is 11.3 Å². The molecule has 0 amide bonds. The Kier molecular flexibility index (Phi) is 7.06. The Hall–Kier alpha value is -3.59. The van der Waals surface area contributed by atoms with Crippen LogP contribution in [-0.4, -0.2) is 37.3 Å². The number of hydrogen-bond acceptors (Lipinski definition) is 8. The van der Waals surface area contributed by atoms with E-state index in [1.54, 1.807) is 31.6 Å². The van der Waals surface area contributed by atoms with E-state index in [0.29, 0.717) is 37.7 Å². The van der Waals surface area contributed by atoms with Crippen LogP contribution in [0.15, 0.2) is 61.9 Å². The highest BCUT2D eigenvalue weighted by Crippen LogP contribution is 2.35. The summed E-state index contributed by atoms with van der Waals surface area (Å²) < 4.78 is 19.1. The van der Waals surface area contributed by atoms with Gasteiger partial charge >= 0.3 is 5.97 Å². The van der Waals surface area contributed by atoms with Crippen molar-refractivity contribution in [3.05, 3.63) is 78.7 Å². The van der Waals surface area contributed by atoms with Crippen LogP contribution in [-0.2, 0) is 9.53 Å². The third kappa shape index (κ3) is 4.75. The van der Waals surface area contributed by atoms with Crippen LogP contribution in [0.3, 0.4) is 0 Å². The number of ether oxygens (including phenoxy) is 2. The van der Waals surface area contributed by atoms with Crippen LogP contribution in [0.1, 0.15) is 51.0 Å². The first-order valence-electron chi connectivity index (χ1n) is 12.6. The molecule has 0 aliphatic carbocycles. The summed E-state index contributed by atoms with van der Waals surface area (Å²) in [5.41, 5.74) is 1.28. The van der Waals surface area contributed by atoms with Gasteiger partial charge in [-0.2, -0.15) is 0 Å². The van der Waals surface area contributed by atoms with E-state index < -0.39 is 12.0 Å². The molecule has 1 fully saturated rings. The molecule has 2 aliphatic heterocycles. The zero-order chi connectivity index (χ0) is 26.1. The Labute approximate surface area is 219 Å². The molecule has 3 aromatic rings. The molecule has 5 rings (SSSR count). The number of benzene rings is 1. The summed E-state index contributed by atoms with van der Waals surface area (Å²) in [5.74, 6) is 2.23. The van der Waals surface area contributed by atoms with E-state index in [0.717, 1.165) is 37.7 Å². The number of fused-ring (bicyclic) bond motifs is 1. The normalized spacial score (nSPS) is 18.5. The lowest BCUT2D eigenvalue weighted by molar-refractivity contribution is -0.139. The Morgan fingerprint density at radius 3 is 2.70 bits per heavy atom. The van der Waals surface area contributed by atoms with Gasteiger partial charge < -0.3 is 18.8 Å². The Bertz CT molecular complexity index is 1520. The molecule has 0 bridgehead atoms. The quantitative estimate of drug-likeness (QED) is 0.461. The van der Waals surface area contributed by atoms with Gasteiger partial charge in [0.25, 0.3) is 5.56 Å². The summed E-state index contributed by atoms with van der Waals surface area (Å²) >= 11 is 1.27. The maximum atomic E-state index is 13.8. The zero-order valence-corrected chi connectivity index (χ0v) is 22.3. The van der Waals surface area contributed by atoms with Crippen molar-refractivity contribution in [2.75, 3.05) is 31.7 Å². The van der Waals surface area contributed by atoms with Gasteiger partial charge in [-0.3, -0.25) is 9.36 Å². The molecule has 1 aromatic carbocycles. The molecule has 8 nitrogen and oxygen atoms in total. The summed E-state index contributed by atoms with van der Waals surface area (Å²) in [6.45, 7) is 7.94. The number of allylic oxidation sites excluding steroid dienone is 1. The number of piperidine rings is 1. The summed E-state index contributed by atoms with van der Waals surface area (Å²) in [7, 11) is 1.57. The first-order chi connectivity index (χ1) is 17.9. The minimum Gasteiger partial charge on any atom is -0.496 e. The van der Waals surface area contributed by atoms with E-state index in [2.05, 4.69) is 16.8 Å². The highest BCUT2D eigenvalue weighted by molar-refractivity contribution is 7.07. The van der Waals surface area contributed by atoms with Crippen LogP contribution in [0.4, 0.5) is 5.88 Å². The molecule has 4 heterocycles. The van der Waals surface area contributed by atoms with E-state index in [1.165, 1.54) is 11.3 Å². The molecule has 1 atom stereocenters. The topological polar surface area (TPSA) is 86.3 Å². The van der Waals surface area contributed by atoms with Crippen molar-refractivity contribution in [2.45, 2.75) is 39.7 Å². The first-order valence-corrected chi connectivity index (χ1v) is 13.4. The van der Waals surface area contributed by atoms with E-state index in [-0.39, 0.29) is 12.2 Å². The van der Waals surface area contributed by atoms with Crippen molar-refractivity contribution >= 4 is 29.3 Å². The van der Waals surface area contributed by atoms with E-state index in [4.69, 9.17) is 13.9 Å². The van der Waals surface area contributed by atoms with Gasteiger partial charge in [-0.05, 0) is 44.7 Å². The minimum absolute atomic E-state index is 0.218. The van der Waals surface area contributed by atoms with Crippen molar-refractivity contribution < 1.29 is 18.7 Å². The van der Waals surface area contributed by atoms with Crippen molar-refractivity contribution in [1.82, 2.24) is 4.57 Å². The van der Waals surface area contributed by atoms with Crippen LogP contribution in [0.25, 0.3) is 6.08 Å². The Morgan fingerprint density at radius 2 is 1.97 bits per heavy atom. The highest BCUT2D eigenvalue weighted by atomic mass is 32.1. The lowest BCUT2D eigenvalue weighted by Gasteiger charge is -2.29. The number of carbonyl (C=O) groups is 1. The molecule has 2 aliphatic rings. The molecular weight excluding hydrogens is 490 g/mol. The lowest BCUT2D eigenvalue weighted by atomic mass is 9.95. The Balaban J connectivity index is 1.61. The number of esters is 1. The van der Waals surface area contributed by atoms with Crippen molar-refractivity contribution in [2.24, 2.45) is 10.9 Å². The van der Waals surface area contributed by atoms with Crippen LogP contribution in [0, 0.1) is 5.92 Å². The minimum atomic E-state index is -0.726. The van der Waals surface area contributed by atoms with Gasteiger partial charge in [0.15, 0.2) is 10.7 Å². The highest BCUT2D eigenvalue weighted by Gasteiger charge is 2.35. The number of carbonyl (C=O) groups excluding carboxylic acids is 1. The lowest BCUT2D eigenvalue weighted by Crippen LogP contribution is -2.40. The van der Waals surface area contributed by atoms with Crippen LogP contribution < -0.4 is 24.5 Å². The third-order valence-corrected chi connectivity index (χ3v) is 7.91. The monoisotopic (exact) mass is 521 g/mol. The van der Waals surface area contributed by atoms with Gasteiger partial charge in [0.2, 0.25) is 0 Å². The SMILES string of the molecule is CCOC(=O)C1=C(C)N=c2s/c(=C/c3ccc(N4CCC(C)CC4)o3)c(=O)n2[C@@H]1c1ccccc1OC. The standard InChI is InChI=1S/C28H31N3O5S/c1-5-35-27(33)24-18(3)29-28-31(25(24)20-8-6-7-9-21(20)34-4)26(32)22(37-28)16-19-10-11-23(36-19)30-14-12-17(2)13-15-30/h6-11,16-17,25H,5,12-15H2,1-4H3/b22-16+/t25-/m1/s1. The number of methoxy groups -OCH3 is 1. The molecule has 0 unspecified atom stereocenters. The van der Waals surface area contributed by atoms with Crippen LogP contribution in [0.2, 0.25) is 0 Å². The summed E-state index contributed by atoms with van der Waals surface area (Å²) in [4.78, 5) is 34.2. The fraction of sp³-hybridized carbons (Fsp3) is 0.393. The number of aromatic nitrogens is 1. The molecule has 2 aromatic heterocycles. The smallest absolute Gasteiger partial charge is 0.338 e. The second-order valence-electron chi connectivity index (χ2n) is 9.39. The fourth-order valence-electron chi connectivity index (χ4n) is 4.93. The Morgan fingerprint density at radius 1 is 1.22 bits per heavy atom. The molecule has 1 saturated heterocycles. The number of para-hydroxylation sites is 1. The van der Waals surface area contributed by atoms with Gasteiger partial charge in [0.1, 0.15) is 17.6 Å². The second-order valence-corrected chi connectivity index (χ2v) is 10.4. The average Bonchev–Trinajstić information content (AvgIpc) is 3.48. The number of thiazole rings is 1. The maximum absolute atomic E-state index is 13.8. The summed E-state index contributed by atoms with van der Waals surface area (Å²) in [6.07, 6.45) is 4.03. The fourth-order valence-corrected chi connectivity index (χ4v) is 5.95. The number of furan rings is 1. The second kappa shape index (κ2) is 10.4. The van der Waals surface area contributed by atoms with Gasteiger partial charge in [0, 0.05) is 30.8 Å². The van der Waals surface area contributed by atoms with E-state index >= 15 is 0 Å². The average molecular weight is 522 g/mol. The molecule has 0 radical (unpaired) electrons. The molecule has 0 saturated carbocycles. The molecule has 37 heavy (non-hydrogen) atoms. The number of rotatable bonds is 6. The van der Waals surface area contributed by atoms with Gasteiger partial charge in [-0.15, -0.1) is 0 Å². The maximum Gasteiger partial charge on any atom is 0.338 e.